The predicted molar refractivity (Wildman–Crippen MR) is 120 cm³/mol. The maximum absolute atomic E-state index is 13.5. The molecule has 8 heteroatoms. The van der Waals surface area contributed by atoms with E-state index in [1.165, 1.54) is 18.2 Å². The Morgan fingerprint density at radius 1 is 1.12 bits per heavy atom. The largest absolute Gasteiger partial charge is 0.493 e. The Morgan fingerprint density at radius 2 is 1.81 bits per heavy atom. The number of carbonyl (C=O) groups excluding carboxylic acids is 2. The first-order valence-corrected chi connectivity index (χ1v) is 10.5. The Balaban J connectivity index is 1.92. The van der Waals surface area contributed by atoms with Crippen LogP contribution in [0.25, 0.3) is 0 Å². The standard InChI is InChI=1S/C24H30FN3O4/c1-24(2,3)27-23(30)28-10-9-15-12-20(31-4)21(32-5)13-18(15)19(28)14-26-22(29)16-7-6-8-17(25)11-16/h6-8,11-13,19H,9-10,14H2,1-5H3,(H,26,29)(H,27,30)/t19-/m1/s1. The van der Waals surface area contributed by atoms with Crippen molar-refractivity contribution in [3.8, 4) is 11.5 Å². The summed E-state index contributed by atoms with van der Waals surface area (Å²) in [5, 5.41) is 5.85. The van der Waals surface area contributed by atoms with E-state index in [1.807, 2.05) is 32.9 Å². The van der Waals surface area contributed by atoms with Crippen molar-refractivity contribution in [2.24, 2.45) is 0 Å². The Morgan fingerprint density at radius 3 is 2.44 bits per heavy atom. The van der Waals surface area contributed by atoms with Gasteiger partial charge in [0.25, 0.3) is 5.91 Å². The van der Waals surface area contributed by atoms with Crippen LogP contribution < -0.4 is 20.1 Å². The summed E-state index contributed by atoms with van der Waals surface area (Å²) >= 11 is 0. The van der Waals surface area contributed by atoms with Crippen molar-refractivity contribution in [1.29, 1.82) is 0 Å². The highest BCUT2D eigenvalue weighted by Crippen LogP contribution is 2.38. The number of halogens is 1. The first-order valence-electron chi connectivity index (χ1n) is 10.5. The highest BCUT2D eigenvalue weighted by Gasteiger charge is 2.33. The molecule has 0 radical (unpaired) electrons. The number of carbonyl (C=O) groups is 2. The van der Waals surface area contributed by atoms with Crippen molar-refractivity contribution < 1.29 is 23.5 Å². The van der Waals surface area contributed by atoms with E-state index in [-0.39, 0.29) is 18.1 Å². The molecule has 32 heavy (non-hydrogen) atoms. The highest BCUT2D eigenvalue weighted by atomic mass is 19.1. The van der Waals surface area contributed by atoms with Crippen molar-refractivity contribution >= 4 is 11.9 Å². The number of fused-ring (bicyclic) bond motifs is 1. The van der Waals surface area contributed by atoms with E-state index in [2.05, 4.69) is 10.6 Å². The summed E-state index contributed by atoms with van der Waals surface area (Å²) in [6.45, 7) is 6.38. The molecule has 1 heterocycles. The lowest BCUT2D eigenvalue weighted by atomic mass is 9.91. The first-order chi connectivity index (χ1) is 15.1. The van der Waals surface area contributed by atoms with E-state index in [1.54, 1.807) is 25.2 Å². The maximum atomic E-state index is 13.5. The minimum atomic E-state index is -0.483. The fourth-order valence-electron chi connectivity index (χ4n) is 3.81. The number of ether oxygens (including phenoxy) is 2. The molecule has 172 valence electrons. The van der Waals surface area contributed by atoms with Crippen molar-refractivity contribution in [1.82, 2.24) is 15.5 Å². The van der Waals surface area contributed by atoms with Crippen molar-refractivity contribution in [3.05, 3.63) is 58.9 Å². The average Bonchev–Trinajstić information content (AvgIpc) is 2.74. The minimum Gasteiger partial charge on any atom is -0.493 e. The molecular weight excluding hydrogens is 413 g/mol. The second kappa shape index (κ2) is 9.46. The van der Waals surface area contributed by atoms with Crippen LogP contribution in [-0.4, -0.2) is 49.7 Å². The molecule has 0 bridgehead atoms. The molecule has 2 aromatic rings. The van der Waals surface area contributed by atoms with E-state index < -0.39 is 23.3 Å². The van der Waals surface area contributed by atoms with Crippen LogP contribution in [0, 0.1) is 5.82 Å². The minimum absolute atomic E-state index is 0.162. The number of methoxy groups -OCH3 is 2. The number of nitrogens with zero attached hydrogens (tertiary/aromatic N) is 1. The van der Waals surface area contributed by atoms with Gasteiger partial charge in [-0.15, -0.1) is 0 Å². The van der Waals surface area contributed by atoms with Gasteiger partial charge >= 0.3 is 6.03 Å². The number of amides is 3. The molecule has 3 amide bonds. The van der Waals surface area contributed by atoms with E-state index >= 15 is 0 Å². The monoisotopic (exact) mass is 443 g/mol. The molecule has 1 aliphatic rings. The van der Waals surface area contributed by atoms with E-state index in [0.717, 1.165) is 11.1 Å². The van der Waals surface area contributed by atoms with Gasteiger partial charge in [0, 0.05) is 24.2 Å². The Hall–Kier alpha value is -3.29. The zero-order valence-electron chi connectivity index (χ0n) is 19.1. The first kappa shape index (κ1) is 23.4. The van der Waals surface area contributed by atoms with Gasteiger partial charge in [-0.25, -0.2) is 9.18 Å². The SMILES string of the molecule is COc1cc2c(cc1OC)[C@@H](CNC(=O)c1cccc(F)c1)N(C(=O)NC(C)(C)C)CC2. The molecule has 0 aromatic heterocycles. The van der Waals surface area contributed by atoms with Crippen LogP contribution >= 0.6 is 0 Å². The summed E-state index contributed by atoms with van der Waals surface area (Å²) in [6.07, 6.45) is 0.640. The number of urea groups is 1. The Labute approximate surface area is 187 Å². The van der Waals surface area contributed by atoms with Crippen LogP contribution in [0.1, 0.15) is 48.3 Å². The van der Waals surface area contributed by atoms with Crippen LogP contribution in [-0.2, 0) is 6.42 Å². The van der Waals surface area contributed by atoms with Gasteiger partial charge in [-0.05, 0) is 68.7 Å². The lowest BCUT2D eigenvalue weighted by Gasteiger charge is -2.39. The molecular formula is C24H30FN3O4. The molecule has 2 N–H and O–H groups in total. The van der Waals surface area contributed by atoms with Crippen molar-refractivity contribution in [3.63, 3.8) is 0 Å². The third-order valence-corrected chi connectivity index (χ3v) is 5.29. The molecule has 0 fully saturated rings. The van der Waals surface area contributed by atoms with E-state index in [0.29, 0.717) is 24.5 Å². The van der Waals surface area contributed by atoms with Gasteiger partial charge in [0.1, 0.15) is 5.82 Å². The van der Waals surface area contributed by atoms with Gasteiger partial charge < -0.3 is 25.0 Å². The third kappa shape index (κ3) is 5.30. The van der Waals surface area contributed by atoms with Crippen molar-refractivity contribution in [2.75, 3.05) is 27.3 Å². The van der Waals surface area contributed by atoms with Gasteiger partial charge in [-0.1, -0.05) is 6.07 Å². The molecule has 0 saturated heterocycles. The summed E-state index contributed by atoms with van der Waals surface area (Å²) in [6, 6.07) is 8.61. The zero-order chi connectivity index (χ0) is 23.5. The van der Waals surface area contributed by atoms with Crippen molar-refractivity contribution in [2.45, 2.75) is 38.8 Å². The van der Waals surface area contributed by atoms with Gasteiger partial charge in [0.05, 0.1) is 20.3 Å². The second-order valence-electron chi connectivity index (χ2n) is 8.77. The molecule has 7 nitrogen and oxygen atoms in total. The summed E-state index contributed by atoms with van der Waals surface area (Å²) in [5.41, 5.74) is 1.70. The maximum Gasteiger partial charge on any atom is 0.318 e. The van der Waals surface area contributed by atoms with Crippen LogP contribution in [0.4, 0.5) is 9.18 Å². The molecule has 0 spiro atoms. The summed E-state index contributed by atoms with van der Waals surface area (Å²) in [5.74, 6) is 0.268. The topological polar surface area (TPSA) is 79.9 Å². The van der Waals surface area contributed by atoms with E-state index in [9.17, 15) is 14.0 Å². The van der Waals surface area contributed by atoms with Gasteiger partial charge in [-0.3, -0.25) is 4.79 Å². The number of hydrogen-bond donors (Lipinski definition) is 2. The van der Waals surface area contributed by atoms with Crippen LogP contribution in [0.15, 0.2) is 36.4 Å². The van der Waals surface area contributed by atoms with Crippen LogP contribution in [0.5, 0.6) is 11.5 Å². The lowest BCUT2D eigenvalue weighted by molar-refractivity contribution is 0.0932. The fourth-order valence-corrected chi connectivity index (χ4v) is 3.81. The van der Waals surface area contributed by atoms with Gasteiger partial charge in [0.2, 0.25) is 0 Å². The quantitative estimate of drug-likeness (QED) is 0.739. The average molecular weight is 444 g/mol. The lowest BCUT2D eigenvalue weighted by Crippen LogP contribution is -2.53. The molecule has 3 rings (SSSR count). The third-order valence-electron chi connectivity index (χ3n) is 5.29. The summed E-state index contributed by atoms with van der Waals surface area (Å²) < 4.78 is 24.4. The second-order valence-corrected chi connectivity index (χ2v) is 8.77. The van der Waals surface area contributed by atoms with Crippen LogP contribution in [0.3, 0.4) is 0 Å². The predicted octanol–water partition coefficient (Wildman–Crippen LogP) is 3.68. The normalized spacial score (nSPS) is 15.6. The Bertz CT molecular complexity index is 1000. The van der Waals surface area contributed by atoms with Gasteiger partial charge in [0.15, 0.2) is 11.5 Å². The van der Waals surface area contributed by atoms with E-state index in [4.69, 9.17) is 9.47 Å². The number of nitrogens with one attached hydrogen (secondary N) is 2. The summed E-state index contributed by atoms with van der Waals surface area (Å²) in [7, 11) is 3.13. The Kier molecular flexibility index (Phi) is 6.91. The zero-order valence-corrected chi connectivity index (χ0v) is 19.1. The van der Waals surface area contributed by atoms with Gasteiger partial charge in [-0.2, -0.15) is 0 Å². The number of hydrogen-bond acceptors (Lipinski definition) is 4. The molecule has 0 saturated carbocycles. The number of rotatable bonds is 5. The summed E-state index contributed by atoms with van der Waals surface area (Å²) in [4.78, 5) is 27.4. The molecule has 0 aliphatic carbocycles. The highest BCUT2D eigenvalue weighted by molar-refractivity contribution is 5.94. The molecule has 1 aliphatic heterocycles. The number of benzene rings is 2. The molecule has 0 unspecified atom stereocenters. The molecule has 1 atom stereocenters. The smallest absolute Gasteiger partial charge is 0.318 e. The molecule has 2 aromatic carbocycles. The fraction of sp³-hybridized carbons (Fsp3) is 0.417. The van der Waals surface area contributed by atoms with Crippen LogP contribution in [0.2, 0.25) is 0 Å².